The number of hydrogen-bond acceptors (Lipinski definition) is 5. The highest BCUT2D eigenvalue weighted by Crippen LogP contribution is 2.20. The second kappa shape index (κ2) is 8.96. The number of aromatic nitrogens is 2. The summed E-state index contributed by atoms with van der Waals surface area (Å²) in [6.07, 6.45) is 3.29. The summed E-state index contributed by atoms with van der Waals surface area (Å²) in [7, 11) is 3.35. The number of aryl methyl sites for hydroxylation is 1. The van der Waals surface area contributed by atoms with E-state index in [4.69, 9.17) is 9.47 Å². The fourth-order valence-corrected chi connectivity index (χ4v) is 2.63. The molecule has 1 N–H and O–H groups in total. The summed E-state index contributed by atoms with van der Waals surface area (Å²) in [5.41, 5.74) is 1.50. The largest absolute Gasteiger partial charge is 0.490 e. The Balaban J connectivity index is 1.70. The lowest BCUT2D eigenvalue weighted by molar-refractivity contribution is 0.101. The van der Waals surface area contributed by atoms with Gasteiger partial charge in [-0.3, -0.25) is 9.59 Å². The van der Waals surface area contributed by atoms with Gasteiger partial charge in [0, 0.05) is 37.8 Å². The van der Waals surface area contributed by atoms with Gasteiger partial charge in [0.2, 0.25) is 5.78 Å². The Labute approximate surface area is 162 Å². The van der Waals surface area contributed by atoms with Crippen LogP contribution in [-0.4, -0.2) is 41.6 Å². The molecule has 1 aromatic heterocycles. The third-order valence-corrected chi connectivity index (χ3v) is 4.11. The number of ketones is 1. The third-order valence-electron chi connectivity index (χ3n) is 4.11. The molecule has 1 amide bonds. The molecule has 3 rings (SSSR count). The maximum atomic E-state index is 12.6. The number of benzene rings is 2. The van der Waals surface area contributed by atoms with Gasteiger partial charge < -0.3 is 19.4 Å². The monoisotopic (exact) mass is 379 g/mol. The molecular formula is C21H21N3O4. The number of amides is 1. The molecule has 0 atom stereocenters. The number of para-hydroxylation sites is 1. The summed E-state index contributed by atoms with van der Waals surface area (Å²) in [5.74, 6) is 0.371. The van der Waals surface area contributed by atoms with Crippen molar-refractivity contribution in [2.45, 2.75) is 0 Å². The van der Waals surface area contributed by atoms with Crippen molar-refractivity contribution in [3.63, 3.8) is 0 Å². The number of carbonyl (C=O) groups excluding carboxylic acids is 2. The topological polar surface area (TPSA) is 82.4 Å². The molecule has 7 nitrogen and oxygen atoms in total. The molecule has 0 unspecified atom stereocenters. The van der Waals surface area contributed by atoms with Crippen LogP contribution in [-0.2, 0) is 11.8 Å². The van der Waals surface area contributed by atoms with Gasteiger partial charge in [-0.1, -0.05) is 12.1 Å². The normalized spacial score (nSPS) is 10.5. The van der Waals surface area contributed by atoms with Crippen LogP contribution in [0.2, 0.25) is 0 Å². The predicted octanol–water partition coefficient (Wildman–Crippen LogP) is 2.93. The highest BCUT2D eigenvalue weighted by Gasteiger charge is 2.15. The predicted molar refractivity (Wildman–Crippen MR) is 105 cm³/mol. The van der Waals surface area contributed by atoms with E-state index < -0.39 is 0 Å². The second-order valence-corrected chi connectivity index (χ2v) is 6.06. The first-order chi connectivity index (χ1) is 13.6. The zero-order valence-electron chi connectivity index (χ0n) is 15.7. The molecule has 0 aliphatic carbocycles. The molecule has 0 saturated heterocycles. The van der Waals surface area contributed by atoms with Gasteiger partial charge in [-0.15, -0.1) is 0 Å². The molecule has 144 valence electrons. The van der Waals surface area contributed by atoms with Gasteiger partial charge in [-0.05, 0) is 36.4 Å². The number of nitrogens with one attached hydrogen (secondary N) is 1. The Hall–Kier alpha value is -3.45. The van der Waals surface area contributed by atoms with E-state index in [1.807, 2.05) is 0 Å². The molecule has 0 fully saturated rings. The van der Waals surface area contributed by atoms with E-state index >= 15 is 0 Å². The summed E-state index contributed by atoms with van der Waals surface area (Å²) in [6.45, 7) is 0.784. The van der Waals surface area contributed by atoms with Crippen LogP contribution in [0.1, 0.15) is 26.5 Å². The molecule has 0 aliphatic rings. The van der Waals surface area contributed by atoms with Gasteiger partial charge in [-0.2, -0.15) is 0 Å². The molecule has 7 heteroatoms. The van der Waals surface area contributed by atoms with Crippen LogP contribution in [0.5, 0.6) is 5.75 Å². The van der Waals surface area contributed by atoms with E-state index in [1.165, 1.54) is 0 Å². The Kier molecular flexibility index (Phi) is 6.18. The lowest BCUT2D eigenvalue weighted by atomic mass is 10.1. The number of hydrogen-bond donors (Lipinski definition) is 1. The van der Waals surface area contributed by atoms with Crippen molar-refractivity contribution in [3.8, 4) is 5.75 Å². The molecule has 0 spiro atoms. The minimum Gasteiger partial charge on any atom is -0.490 e. The summed E-state index contributed by atoms with van der Waals surface area (Å²) in [5, 5.41) is 2.82. The second-order valence-electron chi connectivity index (χ2n) is 6.06. The molecule has 28 heavy (non-hydrogen) atoms. The Morgan fingerprint density at radius 3 is 2.50 bits per heavy atom. The van der Waals surface area contributed by atoms with E-state index in [-0.39, 0.29) is 11.7 Å². The molecule has 0 saturated carbocycles. The average molecular weight is 379 g/mol. The van der Waals surface area contributed by atoms with Crippen molar-refractivity contribution in [1.29, 1.82) is 0 Å². The van der Waals surface area contributed by atoms with Gasteiger partial charge >= 0.3 is 0 Å². The Morgan fingerprint density at radius 1 is 1.07 bits per heavy atom. The van der Waals surface area contributed by atoms with Crippen molar-refractivity contribution in [2.24, 2.45) is 7.05 Å². The van der Waals surface area contributed by atoms with Crippen LogP contribution in [0.25, 0.3) is 0 Å². The van der Waals surface area contributed by atoms with E-state index in [0.29, 0.717) is 41.6 Å². The molecule has 2 aromatic carbocycles. The van der Waals surface area contributed by atoms with Crippen molar-refractivity contribution in [3.05, 3.63) is 77.9 Å². The highest BCUT2D eigenvalue weighted by molar-refractivity contribution is 6.08. The number of methoxy groups -OCH3 is 1. The molecule has 0 radical (unpaired) electrons. The first-order valence-electron chi connectivity index (χ1n) is 8.74. The fourth-order valence-electron chi connectivity index (χ4n) is 2.63. The van der Waals surface area contributed by atoms with E-state index in [9.17, 15) is 9.59 Å². The lowest BCUT2D eigenvalue weighted by Crippen LogP contribution is -2.15. The van der Waals surface area contributed by atoms with Gasteiger partial charge in [0.15, 0.2) is 5.82 Å². The van der Waals surface area contributed by atoms with Gasteiger partial charge in [0.05, 0.1) is 12.2 Å². The Morgan fingerprint density at radius 2 is 1.82 bits per heavy atom. The van der Waals surface area contributed by atoms with E-state index in [0.717, 1.165) is 0 Å². The zero-order valence-corrected chi connectivity index (χ0v) is 15.7. The molecule has 0 bridgehead atoms. The molecule has 0 aliphatic heterocycles. The van der Waals surface area contributed by atoms with Crippen LogP contribution in [0.15, 0.2) is 60.9 Å². The van der Waals surface area contributed by atoms with Crippen LogP contribution in [0.4, 0.5) is 5.69 Å². The maximum absolute atomic E-state index is 12.6. The molecule has 3 aromatic rings. The first kappa shape index (κ1) is 19.3. The third kappa shape index (κ3) is 4.44. The first-order valence-corrected chi connectivity index (χ1v) is 8.74. The number of ether oxygens (including phenoxy) is 2. The van der Waals surface area contributed by atoms with Gasteiger partial charge in [0.1, 0.15) is 12.4 Å². The number of anilines is 1. The summed E-state index contributed by atoms with van der Waals surface area (Å²) >= 11 is 0. The van der Waals surface area contributed by atoms with E-state index in [2.05, 4.69) is 10.3 Å². The standard InChI is InChI=1S/C21H21N3O4/c1-24-12-11-22-20(24)19(25)15-7-9-16(10-8-15)23-21(26)17-5-3-4-6-18(17)28-14-13-27-2/h3-12H,13-14H2,1-2H3,(H,23,26). The Bertz CT molecular complexity index is 964. The zero-order chi connectivity index (χ0) is 19.9. The number of imidazole rings is 1. The maximum Gasteiger partial charge on any atom is 0.259 e. The minimum absolute atomic E-state index is 0.178. The number of nitrogens with zero attached hydrogens (tertiary/aromatic N) is 2. The fraction of sp³-hybridized carbons (Fsp3) is 0.190. The van der Waals surface area contributed by atoms with Crippen molar-refractivity contribution >= 4 is 17.4 Å². The summed E-state index contributed by atoms with van der Waals surface area (Å²) in [6, 6.07) is 13.7. The molecular weight excluding hydrogens is 358 g/mol. The quantitative estimate of drug-likeness (QED) is 0.481. The smallest absolute Gasteiger partial charge is 0.259 e. The van der Waals surface area contributed by atoms with Crippen LogP contribution in [0, 0.1) is 0 Å². The van der Waals surface area contributed by atoms with Crippen LogP contribution in [0.3, 0.4) is 0 Å². The van der Waals surface area contributed by atoms with Gasteiger partial charge in [0.25, 0.3) is 5.91 Å². The highest BCUT2D eigenvalue weighted by atomic mass is 16.5. The summed E-state index contributed by atoms with van der Waals surface area (Å²) < 4.78 is 12.2. The number of carbonyl (C=O) groups is 2. The van der Waals surface area contributed by atoms with E-state index in [1.54, 1.807) is 79.6 Å². The minimum atomic E-state index is -0.295. The van der Waals surface area contributed by atoms with Crippen molar-refractivity contribution in [1.82, 2.24) is 9.55 Å². The van der Waals surface area contributed by atoms with Crippen molar-refractivity contribution in [2.75, 3.05) is 25.6 Å². The van der Waals surface area contributed by atoms with Crippen LogP contribution < -0.4 is 10.1 Å². The van der Waals surface area contributed by atoms with Gasteiger partial charge in [-0.25, -0.2) is 4.98 Å². The SMILES string of the molecule is COCCOc1ccccc1C(=O)Nc1ccc(C(=O)c2nccn2C)cc1. The molecule has 1 heterocycles. The lowest BCUT2D eigenvalue weighted by Gasteiger charge is -2.11. The number of rotatable bonds is 8. The average Bonchev–Trinajstić information content (AvgIpc) is 3.14. The van der Waals surface area contributed by atoms with Crippen molar-refractivity contribution < 1.29 is 19.1 Å². The van der Waals surface area contributed by atoms with Crippen LogP contribution >= 0.6 is 0 Å². The summed E-state index contributed by atoms with van der Waals surface area (Å²) in [4.78, 5) is 29.1.